The van der Waals surface area contributed by atoms with E-state index in [-0.39, 0.29) is 4.90 Å². The molecule has 1 unspecified atom stereocenters. The first kappa shape index (κ1) is 17.7. The Kier molecular flexibility index (Phi) is 5.56. The van der Waals surface area contributed by atoms with Crippen LogP contribution in [0.5, 0.6) is 0 Å². The van der Waals surface area contributed by atoms with Gasteiger partial charge in [-0.15, -0.1) is 0 Å². The van der Waals surface area contributed by atoms with E-state index in [4.69, 9.17) is 0 Å². The van der Waals surface area contributed by atoms with Gasteiger partial charge >= 0.3 is 0 Å². The highest BCUT2D eigenvalue weighted by Gasteiger charge is 2.22. The standard InChI is InChI=1S/C16H17BrN2O3S/c1-11-5-3-4-6-15(11)18-16(20)12(2)19-23(21,22)14-9-7-13(17)8-10-14/h3-10,12,19H,1-2H3,(H,18,20). The molecule has 2 N–H and O–H groups in total. The molecular weight excluding hydrogens is 380 g/mol. The molecule has 0 saturated carbocycles. The van der Waals surface area contributed by atoms with E-state index in [2.05, 4.69) is 26.0 Å². The van der Waals surface area contributed by atoms with E-state index in [1.54, 1.807) is 24.3 Å². The number of hydrogen-bond donors (Lipinski definition) is 2. The Morgan fingerprint density at radius 2 is 1.70 bits per heavy atom. The molecule has 1 amide bonds. The van der Waals surface area contributed by atoms with Crippen molar-refractivity contribution in [2.24, 2.45) is 0 Å². The largest absolute Gasteiger partial charge is 0.324 e. The van der Waals surface area contributed by atoms with Crippen LogP contribution in [0.2, 0.25) is 0 Å². The monoisotopic (exact) mass is 396 g/mol. The first-order valence-electron chi connectivity index (χ1n) is 6.94. The zero-order valence-corrected chi connectivity index (χ0v) is 15.1. The van der Waals surface area contributed by atoms with E-state index < -0.39 is 22.0 Å². The average Bonchev–Trinajstić information content (AvgIpc) is 2.49. The van der Waals surface area contributed by atoms with Gasteiger partial charge in [0.2, 0.25) is 15.9 Å². The van der Waals surface area contributed by atoms with Crippen molar-refractivity contribution >= 4 is 37.5 Å². The number of anilines is 1. The molecule has 2 aromatic rings. The molecule has 0 aliphatic heterocycles. The SMILES string of the molecule is Cc1ccccc1NC(=O)C(C)NS(=O)(=O)c1ccc(Br)cc1. The summed E-state index contributed by atoms with van der Waals surface area (Å²) in [4.78, 5) is 12.3. The maximum absolute atomic E-state index is 12.3. The van der Waals surface area contributed by atoms with Crippen LogP contribution in [0.25, 0.3) is 0 Å². The molecule has 5 nitrogen and oxygen atoms in total. The molecule has 0 heterocycles. The Morgan fingerprint density at radius 1 is 1.09 bits per heavy atom. The van der Waals surface area contributed by atoms with Gasteiger partial charge in [0.05, 0.1) is 10.9 Å². The van der Waals surface area contributed by atoms with E-state index in [1.807, 2.05) is 19.1 Å². The smallest absolute Gasteiger partial charge is 0.242 e. The van der Waals surface area contributed by atoms with Crippen molar-refractivity contribution in [3.8, 4) is 0 Å². The molecule has 7 heteroatoms. The summed E-state index contributed by atoms with van der Waals surface area (Å²) in [6.45, 7) is 3.37. The summed E-state index contributed by atoms with van der Waals surface area (Å²) in [7, 11) is -3.76. The molecule has 0 aliphatic rings. The van der Waals surface area contributed by atoms with Gasteiger partial charge in [0.1, 0.15) is 0 Å². The van der Waals surface area contributed by atoms with Gasteiger partial charge in [-0.2, -0.15) is 4.72 Å². The van der Waals surface area contributed by atoms with Crippen molar-refractivity contribution in [1.82, 2.24) is 4.72 Å². The fourth-order valence-corrected chi connectivity index (χ4v) is 3.39. The van der Waals surface area contributed by atoms with E-state index in [0.29, 0.717) is 5.69 Å². The maximum atomic E-state index is 12.3. The van der Waals surface area contributed by atoms with Crippen molar-refractivity contribution in [3.63, 3.8) is 0 Å². The minimum atomic E-state index is -3.76. The van der Waals surface area contributed by atoms with Crippen LogP contribution in [0.3, 0.4) is 0 Å². The van der Waals surface area contributed by atoms with Gasteiger partial charge in [0, 0.05) is 10.2 Å². The Bertz CT molecular complexity index is 804. The lowest BCUT2D eigenvalue weighted by molar-refractivity contribution is -0.117. The van der Waals surface area contributed by atoms with Crippen LogP contribution in [-0.2, 0) is 14.8 Å². The summed E-state index contributed by atoms with van der Waals surface area (Å²) in [6, 6.07) is 12.6. The van der Waals surface area contributed by atoms with Crippen molar-refractivity contribution in [1.29, 1.82) is 0 Å². The average molecular weight is 397 g/mol. The van der Waals surface area contributed by atoms with Gasteiger partial charge in [-0.1, -0.05) is 34.1 Å². The maximum Gasteiger partial charge on any atom is 0.242 e. The molecule has 0 radical (unpaired) electrons. The zero-order chi connectivity index (χ0) is 17.0. The van der Waals surface area contributed by atoms with Crippen molar-refractivity contribution in [3.05, 3.63) is 58.6 Å². The molecule has 122 valence electrons. The molecule has 2 rings (SSSR count). The highest BCUT2D eigenvalue weighted by atomic mass is 79.9. The number of aryl methyl sites for hydroxylation is 1. The molecule has 0 aliphatic carbocycles. The highest BCUT2D eigenvalue weighted by Crippen LogP contribution is 2.16. The van der Waals surface area contributed by atoms with Crippen LogP contribution in [0, 0.1) is 6.92 Å². The first-order chi connectivity index (χ1) is 10.8. The summed E-state index contributed by atoms with van der Waals surface area (Å²) in [5.74, 6) is -0.417. The van der Waals surface area contributed by atoms with Gasteiger partial charge in [0.25, 0.3) is 0 Å². The third kappa shape index (κ3) is 4.63. The second kappa shape index (κ2) is 7.25. The minimum Gasteiger partial charge on any atom is -0.324 e. The third-order valence-electron chi connectivity index (χ3n) is 3.25. The molecule has 23 heavy (non-hydrogen) atoms. The third-order valence-corrected chi connectivity index (χ3v) is 5.34. The summed E-state index contributed by atoms with van der Waals surface area (Å²) in [5.41, 5.74) is 1.57. The second-order valence-electron chi connectivity index (χ2n) is 5.10. The van der Waals surface area contributed by atoms with E-state index in [0.717, 1.165) is 10.0 Å². The number of amides is 1. The van der Waals surface area contributed by atoms with E-state index in [1.165, 1.54) is 19.1 Å². The lowest BCUT2D eigenvalue weighted by atomic mass is 10.2. The van der Waals surface area contributed by atoms with Crippen LogP contribution in [0.4, 0.5) is 5.69 Å². The van der Waals surface area contributed by atoms with Crippen LogP contribution >= 0.6 is 15.9 Å². The summed E-state index contributed by atoms with van der Waals surface area (Å²) < 4.78 is 27.7. The Balaban J connectivity index is 2.08. The van der Waals surface area contributed by atoms with Crippen molar-refractivity contribution in [2.75, 3.05) is 5.32 Å². The van der Waals surface area contributed by atoms with Crippen LogP contribution in [0.15, 0.2) is 57.9 Å². The van der Waals surface area contributed by atoms with Gasteiger partial charge in [0.15, 0.2) is 0 Å². The Hall–Kier alpha value is -1.70. The first-order valence-corrected chi connectivity index (χ1v) is 9.21. The van der Waals surface area contributed by atoms with Crippen molar-refractivity contribution in [2.45, 2.75) is 24.8 Å². The molecule has 0 fully saturated rings. The molecule has 0 bridgehead atoms. The summed E-state index contributed by atoms with van der Waals surface area (Å²) in [6.07, 6.45) is 0. The van der Waals surface area contributed by atoms with Gasteiger partial charge < -0.3 is 5.32 Å². The molecule has 1 atom stereocenters. The van der Waals surface area contributed by atoms with Crippen molar-refractivity contribution < 1.29 is 13.2 Å². The number of rotatable bonds is 5. The Morgan fingerprint density at radius 3 is 2.30 bits per heavy atom. The zero-order valence-electron chi connectivity index (χ0n) is 12.7. The van der Waals surface area contributed by atoms with E-state index >= 15 is 0 Å². The van der Waals surface area contributed by atoms with Crippen LogP contribution in [-0.4, -0.2) is 20.4 Å². The number of carbonyl (C=O) groups excluding carboxylic acids is 1. The number of benzene rings is 2. The number of sulfonamides is 1. The van der Waals surface area contributed by atoms with E-state index in [9.17, 15) is 13.2 Å². The molecule has 0 aromatic heterocycles. The predicted molar refractivity (Wildman–Crippen MR) is 93.7 cm³/mol. The lowest BCUT2D eigenvalue weighted by Crippen LogP contribution is -2.41. The number of para-hydroxylation sites is 1. The topological polar surface area (TPSA) is 75.3 Å². The second-order valence-corrected chi connectivity index (χ2v) is 7.73. The predicted octanol–water partition coefficient (Wildman–Crippen LogP) is 3.06. The lowest BCUT2D eigenvalue weighted by Gasteiger charge is -2.15. The molecule has 0 saturated heterocycles. The fourth-order valence-electron chi connectivity index (χ4n) is 1.92. The van der Waals surface area contributed by atoms with Crippen LogP contribution < -0.4 is 10.0 Å². The summed E-state index contributed by atoms with van der Waals surface area (Å²) in [5, 5.41) is 2.72. The number of nitrogens with one attached hydrogen (secondary N) is 2. The Labute approximate surface area is 144 Å². The molecule has 2 aromatic carbocycles. The van der Waals surface area contributed by atoms with Crippen LogP contribution in [0.1, 0.15) is 12.5 Å². The molecule has 0 spiro atoms. The number of hydrogen-bond acceptors (Lipinski definition) is 3. The van der Waals surface area contributed by atoms with Gasteiger partial charge in [-0.3, -0.25) is 4.79 Å². The summed E-state index contributed by atoms with van der Waals surface area (Å²) >= 11 is 3.25. The normalized spacial score (nSPS) is 12.7. The van der Waals surface area contributed by atoms with Gasteiger partial charge in [-0.05, 0) is 49.7 Å². The van der Waals surface area contributed by atoms with Gasteiger partial charge in [-0.25, -0.2) is 8.42 Å². The number of halogens is 1. The highest BCUT2D eigenvalue weighted by molar-refractivity contribution is 9.10. The number of carbonyl (C=O) groups is 1. The quantitative estimate of drug-likeness (QED) is 0.815. The fraction of sp³-hybridized carbons (Fsp3) is 0.188. The molecular formula is C16H17BrN2O3S. The minimum absolute atomic E-state index is 0.108.